The number of hydrogen-bond donors (Lipinski definition) is 2. The van der Waals surface area contributed by atoms with Crippen molar-refractivity contribution in [2.75, 3.05) is 20.3 Å². The lowest BCUT2D eigenvalue weighted by molar-refractivity contribution is -0.138. The monoisotopic (exact) mass is 495 g/mol. The van der Waals surface area contributed by atoms with Crippen molar-refractivity contribution in [2.45, 2.75) is 33.2 Å². The number of carbonyl (C=O) groups is 2. The highest BCUT2D eigenvalue weighted by Gasteiger charge is 2.26. The number of methoxy groups -OCH3 is 1. The molecule has 184 valence electrons. The summed E-state index contributed by atoms with van der Waals surface area (Å²) >= 11 is 5.86. The van der Waals surface area contributed by atoms with Crippen molar-refractivity contribution >= 4 is 23.4 Å². The number of ether oxygens (including phenoxy) is 2. The SMILES string of the molecule is CCOC(=O)/C(=C/N[C@H](CO)C(C)C)C(=O)c1cc(Cc2cccc(Cl)c2F)c(OC)cc1F. The van der Waals surface area contributed by atoms with Crippen molar-refractivity contribution in [3.05, 3.63) is 75.5 Å². The van der Waals surface area contributed by atoms with Crippen LogP contribution >= 0.6 is 11.6 Å². The Hall–Kier alpha value is -2.97. The molecular formula is C25H28ClF2NO5. The summed E-state index contributed by atoms with van der Waals surface area (Å²) in [7, 11) is 1.32. The summed E-state index contributed by atoms with van der Waals surface area (Å²) in [5.74, 6) is -3.35. The van der Waals surface area contributed by atoms with Crippen LogP contribution in [0.25, 0.3) is 0 Å². The Kier molecular flexibility index (Phi) is 10.0. The van der Waals surface area contributed by atoms with E-state index in [2.05, 4.69) is 5.32 Å². The van der Waals surface area contributed by atoms with Crippen LogP contribution in [0.5, 0.6) is 5.75 Å². The number of Topliss-reactive ketones (excluding diaryl/α,β-unsaturated/α-hetero) is 1. The fourth-order valence-corrected chi connectivity index (χ4v) is 3.40. The summed E-state index contributed by atoms with van der Waals surface area (Å²) in [6, 6.07) is 6.27. The standard InChI is InChI=1S/C25H28ClF2NO5/c1-5-34-25(32)18(12-29-21(13-30)14(2)3)24(31)17-10-16(22(33-4)11-20(17)27)9-15-7-6-8-19(26)23(15)28/h6-8,10-12,14,21,29-30H,5,9,13H2,1-4H3/b18-12+/t21-/m1/s1. The minimum Gasteiger partial charge on any atom is -0.496 e. The number of halogens is 3. The van der Waals surface area contributed by atoms with Crippen molar-refractivity contribution < 1.29 is 33.0 Å². The Morgan fingerprint density at radius 1 is 1.21 bits per heavy atom. The van der Waals surface area contributed by atoms with Gasteiger partial charge in [-0.1, -0.05) is 37.6 Å². The number of benzene rings is 2. The molecule has 6 nitrogen and oxygen atoms in total. The van der Waals surface area contributed by atoms with E-state index in [-0.39, 0.29) is 41.9 Å². The molecule has 2 rings (SSSR count). The predicted molar refractivity (Wildman–Crippen MR) is 125 cm³/mol. The first kappa shape index (κ1) is 27.3. The van der Waals surface area contributed by atoms with Crippen LogP contribution in [0.15, 0.2) is 42.1 Å². The first-order chi connectivity index (χ1) is 16.1. The van der Waals surface area contributed by atoms with Gasteiger partial charge in [0.15, 0.2) is 0 Å². The molecule has 0 saturated heterocycles. The van der Waals surface area contributed by atoms with Crippen molar-refractivity contribution in [1.29, 1.82) is 0 Å². The number of nitrogens with one attached hydrogen (secondary N) is 1. The van der Waals surface area contributed by atoms with Crippen LogP contribution in [0, 0.1) is 17.6 Å². The molecule has 0 spiro atoms. The van der Waals surface area contributed by atoms with Gasteiger partial charge in [-0.2, -0.15) is 0 Å². The highest BCUT2D eigenvalue weighted by atomic mass is 35.5. The van der Waals surface area contributed by atoms with Crippen LogP contribution in [0.2, 0.25) is 5.02 Å². The predicted octanol–water partition coefficient (Wildman–Crippen LogP) is 4.45. The molecular weight excluding hydrogens is 468 g/mol. The molecule has 0 radical (unpaired) electrons. The summed E-state index contributed by atoms with van der Waals surface area (Å²) in [6.07, 6.45) is 1.09. The lowest BCUT2D eigenvalue weighted by Gasteiger charge is -2.19. The molecule has 2 aromatic carbocycles. The molecule has 9 heteroatoms. The molecule has 0 bridgehead atoms. The summed E-state index contributed by atoms with van der Waals surface area (Å²) in [5.41, 5.74) is -0.310. The van der Waals surface area contributed by atoms with E-state index in [1.165, 1.54) is 25.3 Å². The third-order valence-corrected chi connectivity index (χ3v) is 5.50. The average molecular weight is 496 g/mol. The first-order valence-corrected chi connectivity index (χ1v) is 11.1. The molecule has 0 heterocycles. The zero-order valence-corrected chi connectivity index (χ0v) is 20.2. The first-order valence-electron chi connectivity index (χ1n) is 10.7. The molecule has 0 aromatic heterocycles. The van der Waals surface area contributed by atoms with Gasteiger partial charge < -0.3 is 19.9 Å². The van der Waals surface area contributed by atoms with Gasteiger partial charge >= 0.3 is 5.97 Å². The van der Waals surface area contributed by atoms with Crippen LogP contribution in [-0.2, 0) is 16.0 Å². The van der Waals surface area contributed by atoms with Crippen molar-refractivity contribution in [3.63, 3.8) is 0 Å². The highest BCUT2D eigenvalue weighted by Crippen LogP contribution is 2.29. The molecule has 2 aromatic rings. The van der Waals surface area contributed by atoms with Crippen LogP contribution in [-0.4, -0.2) is 43.2 Å². The number of rotatable bonds is 11. The van der Waals surface area contributed by atoms with Crippen LogP contribution < -0.4 is 10.1 Å². The molecule has 0 aliphatic rings. The maximum Gasteiger partial charge on any atom is 0.343 e. The van der Waals surface area contributed by atoms with Crippen molar-refractivity contribution in [2.24, 2.45) is 5.92 Å². The van der Waals surface area contributed by atoms with E-state index in [0.717, 1.165) is 12.3 Å². The number of esters is 1. The molecule has 0 saturated carbocycles. The Morgan fingerprint density at radius 2 is 1.91 bits per heavy atom. The third-order valence-electron chi connectivity index (χ3n) is 5.21. The Balaban J connectivity index is 2.52. The van der Waals surface area contributed by atoms with Gasteiger partial charge in [0, 0.05) is 18.7 Å². The van der Waals surface area contributed by atoms with Gasteiger partial charge in [-0.25, -0.2) is 13.6 Å². The average Bonchev–Trinajstić information content (AvgIpc) is 2.80. The number of ketones is 1. The van der Waals surface area contributed by atoms with E-state index in [1.807, 2.05) is 13.8 Å². The summed E-state index contributed by atoms with van der Waals surface area (Å²) in [6.45, 7) is 5.02. The van der Waals surface area contributed by atoms with Gasteiger partial charge in [0.2, 0.25) is 5.78 Å². The van der Waals surface area contributed by atoms with E-state index < -0.39 is 40.6 Å². The van der Waals surface area contributed by atoms with Gasteiger partial charge in [-0.3, -0.25) is 4.79 Å². The number of aliphatic hydroxyl groups is 1. The van der Waals surface area contributed by atoms with Crippen molar-refractivity contribution in [1.82, 2.24) is 5.32 Å². The number of hydrogen-bond acceptors (Lipinski definition) is 6. The summed E-state index contributed by atoms with van der Waals surface area (Å²) < 4.78 is 39.5. The van der Waals surface area contributed by atoms with Crippen LogP contribution in [0.4, 0.5) is 8.78 Å². The Labute approximate surface area is 202 Å². The van der Waals surface area contributed by atoms with Crippen molar-refractivity contribution in [3.8, 4) is 5.75 Å². The maximum absolute atomic E-state index is 14.9. The second-order valence-corrected chi connectivity index (χ2v) is 8.25. The van der Waals surface area contributed by atoms with Gasteiger partial charge in [-0.15, -0.1) is 0 Å². The molecule has 0 unspecified atom stereocenters. The fourth-order valence-electron chi connectivity index (χ4n) is 3.21. The normalized spacial score (nSPS) is 12.4. The van der Waals surface area contributed by atoms with E-state index in [1.54, 1.807) is 13.0 Å². The zero-order chi connectivity index (χ0) is 25.4. The largest absolute Gasteiger partial charge is 0.496 e. The molecule has 0 aliphatic heterocycles. The smallest absolute Gasteiger partial charge is 0.343 e. The van der Waals surface area contributed by atoms with E-state index in [0.29, 0.717) is 5.56 Å². The van der Waals surface area contributed by atoms with Crippen LogP contribution in [0.3, 0.4) is 0 Å². The lowest BCUT2D eigenvalue weighted by Crippen LogP contribution is -2.34. The molecule has 34 heavy (non-hydrogen) atoms. The second kappa shape index (κ2) is 12.5. The summed E-state index contributed by atoms with van der Waals surface area (Å²) in [4.78, 5) is 25.7. The van der Waals surface area contributed by atoms with Gasteiger partial charge in [0.1, 0.15) is 23.0 Å². The molecule has 2 N–H and O–H groups in total. The van der Waals surface area contributed by atoms with E-state index >= 15 is 0 Å². The Bertz CT molecular complexity index is 1070. The zero-order valence-electron chi connectivity index (χ0n) is 19.5. The second-order valence-electron chi connectivity index (χ2n) is 7.84. The minimum atomic E-state index is -0.946. The van der Waals surface area contributed by atoms with Gasteiger partial charge in [-0.05, 0) is 36.1 Å². The van der Waals surface area contributed by atoms with Gasteiger partial charge in [0.05, 0.1) is 37.0 Å². The Morgan fingerprint density at radius 3 is 2.50 bits per heavy atom. The van der Waals surface area contributed by atoms with Crippen LogP contribution in [0.1, 0.15) is 42.3 Å². The summed E-state index contributed by atoms with van der Waals surface area (Å²) in [5, 5.41) is 12.3. The topological polar surface area (TPSA) is 84.9 Å². The molecule has 1 atom stereocenters. The van der Waals surface area contributed by atoms with E-state index in [9.17, 15) is 23.5 Å². The van der Waals surface area contributed by atoms with E-state index in [4.69, 9.17) is 21.1 Å². The molecule has 0 amide bonds. The van der Waals surface area contributed by atoms with Gasteiger partial charge in [0.25, 0.3) is 0 Å². The third kappa shape index (κ3) is 6.55. The number of aliphatic hydroxyl groups excluding tert-OH is 1. The number of carbonyl (C=O) groups excluding carboxylic acids is 2. The highest BCUT2D eigenvalue weighted by molar-refractivity contribution is 6.30. The lowest BCUT2D eigenvalue weighted by atomic mass is 9.96. The fraction of sp³-hybridized carbons (Fsp3) is 0.360. The molecule has 0 aliphatic carbocycles. The molecule has 0 fully saturated rings. The maximum atomic E-state index is 14.9. The minimum absolute atomic E-state index is 0.00144. The quantitative estimate of drug-likeness (QED) is 0.157.